The lowest BCUT2D eigenvalue weighted by Crippen LogP contribution is -2.42. The second-order valence-electron chi connectivity index (χ2n) is 7.19. The quantitative estimate of drug-likeness (QED) is 0.877. The van der Waals surface area contributed by atoms with Gasteiger partial charge in [-0.25, -0.2) is 0 Å². The van der Waals surface area contributed by atoms with Crippen LogP contribution in [-0.2, 0) is 6.42 Å². The Morgan fingerprint density at radius 2 is 1.91 bits per heavy atom. The van der Waals surface area contributed by atoms with Crippen LogP contribution < -0.4 is 0 Å². The molecule has 0 unspecified atom stereocenters. The van der Waals surface area contributed by atoms with Crippen molar-refractivity contribution in [2.75, 3.05) is 13.2 Å². The Bertz CT molecular complexity index is 504. The molecule has 0 bridgehead atoms. The Morgan fingerprint density at radius 1 is 1.22 bits per heavy atom. The Kier molecular flexibility index (Phi) is 6.19. The average molecular weight is 319 g/mol. The van der Waals surface area contributed by atoms with Gasteiger partial charge in [0.25, 0.3) is 5.91 Å². The molecule has 2 N–H and O–H groups in total. The van der Waals surface area contributed by atoms with E-state index in [4.69, 9.17) is 0 Å². The van der Waals surface area contributed by atoms with Crippen molar-refractivity contribution in [2.45, 2.75) is 64.0 Å². The fourth-order valence-corrected chi connectivity index (χ4v) is 3.06. The maximum atomic E-state index is 12.7. The third kappa shape index (κ3) is 5.33. The zero-order chi connectivity index (χ0) is 16.9. The number of aliphatic hydroxyl groups excluding tert-OH is 1. The van der Waals surface area contributed by atoms with Crippen molar-refractivity contribution < 1.29 is 15.0 Å². The van der Waals surface area contributed by atoms with Gasteiger partial charge in [0, 0.05) is 12.1 Å². The van der Waals surface area contributed by atoms with Crippen LogP contribution in [0.3, 0.4) is 0 Å². The SMILES string of the molecule is CC(C)(O)CCc1ccc(C(=O)N2CCCCC[C@@H]2CO)cc1. The summed E-state index contributed by atoms with van der Waals surface area (Å²) in [5, 5.41) is 19.3. The van der Waals surface area contributed by atoms with Crippen LogP contribution in [0.15, 0.2) is 24.3 Å². The first-order valence-electron chi connectivity index (χ1n) is 8.64. The van der Waals surface area contributed by atoms with Crippen LogP contribution in [0, 0.1) is 0 Å². The number of hydrogen-bond donors (Lipinski definition) is 2. The fourth-order valence-electron chi connectivity index (χ4n) is 3.06. The third-order valence-electron chi connectivity index (χ3n) is 4.58. The summed E-state index contributed by atoms with van der Waals surface area (Å²) in [5.41, 5.74) is 1.13. The number of aryl methyl sites for hydroxylation is 1. The number of aliphatic hydroxyl groups is 2. The monoisotopic (exact) mass is 319 g/mol. The summed E-state index contributed by atoms with van der Waals surface area (Å²) in [6, 6.07) is 7.60. The second kappa shape index (κ2) is 7.93. The largest absolute Gasteiger partial charge is 0.394 e. The number of rotatable bonds is 5. The van der Waals surface area contributed by atoms with Crippen molar-refractivity contribution in [1.29, 1.82) is 0 Å². The highest BCUT2D eigenvalue weighted by molar-refractivity contribution is 5.94. The molecule has 1 amide bonds. The molecule has 1 saturated heterocycles. The fraction of sp³-hybridized carbons (Fsp3) is 0.632. The summed E-state index contributed by atoms with van der Waals surface area (Å²) in [6.07, 6.45) is 5.57. The number of amides is 1. The highest BCUT2D eigenvalue weighted by Crippen LogP contribution is 2.20. The van der Waals surface area contributed by atoms with Gasteiger partial charge in [-0.1, -0.05) is 25.0 Å². The number of likely N-dealkylation sites (tertiary alicyclic amines) is 1. The van der Waals surface area contributed by atoms with Gasteiger partial charge in [-0.2, -0.15) is 0 Å². The molecule has 1 heterocycles. The molecule has 0 radical (unpaired) electrons. The number of carbonyl (C=O) groups excluding carboxylic acids is 1. The molecule has 23 heavy (non-hydrogen) atoms. The predicted octanol–water partition coefficient (Wildman–Crippen LogP) is 2.77. The Labute approximate surface area is 139 Å². The summed E-state index contributed by atoms with van der Waals surface area (Å²) in [6.45, 7) is 4.37. The molecule has 4 nitrogen and oxygen atoms in total. The number of benzene rings is 1. The van der Waals surface area contributed by atoms with Crippen LogP contribution in [0.1, 0.15) is 61.9 Å². The van der Waals surface area contributed by atoms with E-state index in [0.29, 0.717) is 12.0 Å². The van der Waals surface area contributed by atoms with Gasteiger partial charge in [-0.05, 0) is 57.2 Å². The summed E-state index contributed by atoms with van der Waals surface area (Å²) >= 11 is 0. The average Bonchev–Trinajstić information content (AvgIpc) is 2.77. The molecule has 1 aliphatic rings. The normalized spacial score (nSPS) is 19.5. The van der Waals surface area contributed by atoms with E-state index < -0.39 is 5.60 Å². The third-order valence-corrected chi connectivity index (χ3v) is 4.58. The standard InChI is InChI=1S/C19H29NO3/c1-19(2,23)12-11-15-7-9-16(10-8-15)18(22)20-13-5-3-4-6-17(20)14-21/h7-10,17,21,23H,3-6,11-14H2,1-2H3/t17-/m1/s1. The molecule has 1 fully saturated rings. The summed E-state index contributed by atoms with van der Waals surface area (Å²) in [4.78, 5) is 14.6. The molecule has 1 atom stereocenters. The summed E-state index contributed by atoms with van der Waals surface area (Å²) < 4.78 is 0. The Morgan fingerprint density at radius 3 is 2.52 bits per heavy atom. The Balaban J connectivity index is 2.04. The molecule has 1 aliphatic heterocycles. The molecule has 1 aromatic carbocycles. The van der Waals surface area contributed by atoms with Crippen LogP contribution in [0.25, 0.3) is 0 Å². The van der Waals surface area contributed by atoms with Crippen LogP contribution in [0.2, 0.25) is 0 Å². The van der Waals surface area contributed by atoms with Gasteiger partial charge in [-0.15, -0.1) is 0 Å². The van der Waals surface area contributed by atoms with Gasteiger partial charge in [-0.3, -0.25) is 4.79 Å². The van der Waals surface area contributed by atoms with Gasteiger partial charge in [0.1, 0.15) is 0 Å². The van der Waals surface area contributed by atoms with Gasteiger partial charge < -0.3 is 15.1 Å². The first kappa shape index (κ1) is 18.0. The lowest BCUT2D eigenvalue weighted by Gasteiger charge is -2.28. The van der Waals surface area contributed by atoms with Crippen LogP contribution >= 0.6 is 0 Å². The van der Waals surface area contributed by atoms with Crippen molar-refractivity contribution in [3.63, 3.8) is 0 Å². The first-order valence-corrected chi connectivity index (χ1v) is 8.64. The minimum Gasteiger partial charge on any atom is -0.394 e. The summed E-state index contributed by atoms with van der Waals surface area (Å²) in [7, 11) is 0. The second-order valence-corrected chi connectivity index (χ2v) is 7.19. The van der Waals surface area contributed by atoms with Gasteiger partial charge in [0.05, 0.1) is 18.2 Å². The van der Waals surface area contributed by atoms with Crippen LogP contribution in [0.5, 0.6) is 0 Å². The first-order chi connectivity index (χ1) is 10.9. The highest BCUT2D eigenvalue weighted by atomic mass is 16.3. The molecule has 0 aromatic heterocycles. The molecule has 0 spiro atoms. The highest BCUT2D eigenvalue weighted by Gasteiger charge is 2.25. The molecule has 0 aliphatic carbocycles. The van der Waals surface area contributed by atoms with Crippen molar-refractivity contribution in [3.8, 4) is 0 Å². The number of nitrogens with zero attached hydrogens (tertiary/aromatic N) is 1. The molecule has 2 rings (SSSR count). The van der Waals surface area contributed by atoms with Gasteiger partial charge in [0.15, 0.2) is 0 Å². The molecule has 0 saturated carbocycles. The smallest absolute Gasteiger partial charge is 0.254 e. The zero-order valence-corrected chi connectivity index (χ0v) is 14.3. The minimum absolute atomic E-state index is 0.0139. The zero-order valence-electron chi connectivity index (χ0n) is 14.3. The van der Waals surface area contributed by atoms with E-state index in [1.807, 2.05) is 29.2 Å². The predicted molar refractivity (Wildman–Crippen MR) is 91.4 cm³/mol. The van der Waals surface area contributed by atoms with Crippen molar-refractivity contribution >= 4 is 5.91 Å². The molecule has 4 heteroatoms. The molecular formula is C19H29NO3. The number of carbonyl (C=O) groups is 1. The van der Waals surface area contributed by atoms with E-state index in [0.717, 1.165) is 44.2 Å². The van der Waals surface area contributed by atoms with Crippen molar-refractivity contribution in [2.24, 2.45) is 0 Å². The van der Waals surface area contributed by atoms with Crippen molar-refractivity contribution in [1.82, 2.24) is 4.90 Å². The van der Waals surface area contributed by atoms with E-state index in [1.54, 1.807) is 13.8 Å². The van der Waals surface area contributed by atoms with Crippen molar-refractivity contribution in [3.05, 3.63) is 35.4 Å². The van der Waals surface area contributed by atoms with E-state index in [1.165, 1.54) is 0 Å². The minimum atomic E-state index is -0.672. The van der Waals surface area contributed by atoms with E-state index in [-0.39, 0.29) is 18.6 Å². The number of hydrogen-bond acceptors (Lipinski definition) is 3. The maximum Gasteiger partial charge on any atom is 0.254 e. The van der Waals surface area contributed by atoms with Crippen LogP contribution in [0.4, 0.5) is 0 Å². The van der Waals surface area contributed by atoms with Crippen LogP contribution in [-0.4, -0.2) is 45.8 Å². The van der Waals surface area contributed by atoms with Gasteiger partial charge >= 0.3 is 0 Å². The van der Waals surface area contributed by atoms with E-state index in [9.17, 15) is 15.0 Å². The van der Waals surface area contributed by atoms with Gasteiger partial charge in [0.2, 0.25) is 0 Å². The Hall–Kier alpha value is -1.39. The lowest BCUT2D eigenvalue weighted by molar-refractivity contribution is 0.0599. The summed E-state index contributed by atoms with van der Waals surface area (Å²) in [5.74, 6) is 0.0139. The maximum absolute atomic E-state index is 12.7. The molecular weight excluding hydrogens is 290 g/mol. The topological polar surface area (TPSA) is 60.8 Å². The van der Waals surface area contributed by atoms with E-state index in [2.05, 4.69) is 0 Å². The molecule has 128 valence electrons. The molecule has 1 aromatic rings. The lowest BCUT2D eigenvalue weighted by atomic mass is 9.98. The van der Waals surface area contributed by atoms with E-state index >= 15 is 0 Å².